The van der Waals surface area contributed by atoms with Gasteiger partial charge in [-0.1, -0.05) is 120 Å². The summed E-state index contributed by atoms with van der Waals surface area (Å²) in [5.41, 5.74) is 3.75. The Morgan fingerprint density at radius 3 is 1.37 bits per heavy atom. The van der Waals surface area contributed by atoms with Crippen molar-refractivity contribution in [3.63, 3.8) is 0 Å². The summed E-state index contributed by atoms with van der Waals surface area (Å²) in [5.74, 6) is 0. The van der Waals surface area contributed by atoms with Crippen LogP contribution >= 0.6 is 22.7 Å². The Morgan fingerprint density at radius 2 is 0.943 bits per heavy atom. The van der Waals surface area contributed by atoms with E-state index >= 15 is 0 Å². The van der Waals surface area contributed by atoms with Crippen molar-refractivity contribution in [2.45, 2.75) is 163 Å². The second-order valence-electron chi connectivity index (χ2n) is 12.5. The molecule has 0 nitrogen and oxygen atoms in total. The predicted molar refractivity (Wildman–Crippen MR) is 164 cm³/mol. The van der Waals surface area contributed by atoms with Gasteiger partial charge in [0, 0.05) is 19.5 Å². The lowest BCUT2D eigenvalue weighted by atomic mass is 9.88. The first-order chi connectivity index (χ1) is 16.6. The van der Waals surface area contributed by atoms with Crippen LogP contribution in [-0.2, 0) is 23.7 Å². The zero-order chi connectivity index (χ0) is 25.9. The fourth-order valence-corrected chi connectivity index (χ4v) is 7.53. The second-order valence-corrected chi connectivity index (χ2v) is 14.6. The summed E-state index contributed by atoms with van der Waals surface area (Å²) in [6.45, 7) is 19.0. The highest BCUT2D eigenvalue weighted by Crippen LogP contribution is 2.46. The van der Waals surface area contributed by atoms with Gasteiger partial charge in [-0.2, -0.15) is 0 Å². The van der Waals surface area contributed by atoms with E-state index in [0.717, 1.165) is 0 Å². The molecule has 35 heavy (non-hydrogen) atoms. The first-order valence-corrected chi connectivity index (χ1v) is 16.5. The zero-order valence-corrected chi connectivity index (χ0v) is 26.2. The molecule has 2 aromatic rings. The van der Waals surface area contributed by atoms with Crippen molar-refractivity contribution in [2.24, 2.45) is 0 Å². The molecule has 0 aliphatic carbocycles. The summed E-state index contributed by atoms with van der Waals surface area (Å²) in [7, 11) is 0. The molecule has 0 saturated heterocycles. The third kappa shape index (κ3) is 9.66. The molecule has 0 aromatic carbocycles. The Bertz CT molecular complexity index is 843. The quantitative estimate of drug-likeness (QED) is 0.183. The van der Waals surface area contributed by atoms with E-state index in [1.165, 1.54) is 96.3 Å². The fourth-order valence-electron chi connectivity index (χ4n) is 4.68. The highest BCUT2D eigenvalue weighted by molar-refractivity contribution is 7.22. The second kappa shape index (κ2) is 15.0. The van der Waals surface area contributed by atoms with Crippen molar-refractivity contribution >= 4 is 22.7 Å². The van der Waals surface area contributed by atoms with Crippen LogP contribution in [-0.4, -0.2) is 0 Å². The van der Waals surface area contributed by atoms with Crippen LogP contribution in [0.25, 0.3) is 9.75 Å². The van der Waals surface area contributed by atoms with Gasteiger partial charge in [-0.3, -0.25) is 0 Å². The van der Waals surface area contributed by atoms with Gasteiger partial charge in [0.2, 0.25) is 0 Å². The molecule has 2 heterocycles. The Balaban J connectivity index is 2.31. The number of hydrogen-bond acceptors (Lipinski definition) is 2. The number of unbranched alkanes of at least 4 members (excludes halogenated alkanes) is 10. The number of rotatable bonds is 17. The fraction of sp³-hybridized carbons (Fsp3) is 0.758. The summed E-state index contributed by atoms with van der Waals surface area (Å²) in [5, 5.41) is 0. The average molecular weight is 517 g/mol. The largest absolute Gasteiger partial charge is 0.139 e. The summed E-state index contributed by atoms with van der Waals surface area (Å²) in [4.78, 5) is 6.36. The Labute approximate surface area is 227 Å². The standard InChI is InChI=1S/C33H56S2/c1-9-12-14-16-18-20-22-26-24-28(32(4,5)6)34-30(26)31-27(23-21-19-17-15-13-10-2)25-29(35-31)33(7,8)11-3/h24-25H,9-23H2,1-8H3. The molecule has 0 amide bonds. The van der Waals surface area contributed by atoms with Gasteiger partial charge in [0.05, 0.1) is 0 Å². The molecule has 2 rings (SSSR count). The minimum Gasteiger partial charge on any atom is -0.139 e. The maximum Gasteiger partial charge on any atom is 0.0480 e. The number of aryl methyl sites for hydroxylation is 2. The molecular weight excluding hydrogens is 460 g/mol. The van der Waals surface area contributed by atoms with Crippen molar-refractivity contribution in [3.8, 4) is 9.75 Å². The van der Waals surface area contributed by atoms with Gasteiger partial charge in [-0.15, -0.1) is 22.7 Å². The van der Waals surface area contributed by atoms with Crippen LogP contribution in [0.1, 0.15) is 160 Å². The highest BCUT2D eigenvalue weighted by atomic mass is 32.1. The van der Waals surface area contributed by atoms with Crippen molar-refractivity contribution in [3.05, 3.63) is 33.0 Å². The summed E-state index contributed by atoms with van der Waals surface area (Å²) in [6, 6.07) is 5.17. The summed E-state index contributed by atoms with van der Waals surface area (Å²) >= 11 is 4.21. The zero-order valence-electron chi connectivity index (χ0n) is 24.6. The number of hydrogen-bond donors (Lipinski definition) is 0. The van der Waals surface area contributed by atoms with Gasteiger partial charge in [0.25, 0.3) is 0 Å². The molecule has 2 heteroatoms. The Morgan fingerprint density at radius 1 is 0.543 bits per heavy atom. The lowest BCUT2D eigenvalue weighted by molar-refractivity contribution is 0.516. The first-order valence-electron chi connectivity index (χ1n) is 14.9. The lowest BCUT2D eigenvalue weighted by Gasteiger charge is -2.20. The van der Waals surface area contributed by atoms with Crippen molar-refractivity contribution < 1.29 is 0 Å². The van der Waals surface area contributed by atoms with Crippen LogP contribution in [0, 0.1) is 0 Å². The summed E-state index contributed by atoms with van der Waals surface area (Å²) < 4.78 is 0. The minimum atomic E-state index is 0.223. The molecule has 2 aromatic heterocycles. The van der Waals surface area contributed by atoms with Gasteiger partial charge in [0.1, 0.15) is 0 Å². The van der Waals surface area contributed by atoms with E-state index in [-0.39, 0.29) is 10.8 Å². The minimum absolute atomic E-state index is 0.223. The van der Waals surface area contributed by atoms with E-state index in [4.69, 9.17) is 0 Å². The van der Waals surface area contributed by atoms with E-state index < -0.39 is 0 Å². The van der Waals surface area contributed by atoms with Crippen molar-refractivity contribution in [1.82, 2.24) is 0 Å². The van der Waals surface area contributed by atoms with Gasteiger partial charge in [-0.05, 0) is 66.2 Å². The number of thiophene rings is 2. The molecule has 200 valence electrons. The van der Waals surface area contributed by atoms with Gasteiger partial charge < -0.3 is 0 Å². The maximum atomic E-state index is 2.60. The van der Waals surface area contributed by atoms with E-state index in [1.807, 2.05) is 0 Å². The molecule has 0 spiro atoms. The molecular formula is C33H56S2. The van der Waals surface area contributed by atoms with E-state index in [0.29, 0.717) is 0 Å². The smallest absolute Gasteiger partial charge is 0.0480 e. The van der Waals surface area contributed by atoms with Gasteiger partial charge >= 0.3 is 0 Å². The molecule has 0 fully saturated rings. The molecule has 0 N–H and O–H groups in total. The van der Waals surface area contributed by atoms with Crippen LogP contribution in [0.3, 0.4) is 0 Å². The van der Waals surface area contributed by atoms with E-state index in [9.17, 15) is 0 Å². The highest BCUT2D eigenvalue weighted by Gasteiger charge is 2.26. The van der Waals surface area contributed by atoms with Crippen LogP contribution in [0.2, 0.25) is 0 Å². The third-order valence-electron chi connectivity index (χ3n) is 7.71. The molecule has 0 aliphatic rings. The first kappa shape index (κ1) is 30.6. The Hall–Kier alpha value is -0.600. The Kier molecular flexibility index (Phi) is 13.1. The SMILES string of the molecule is CCCCCCCCc1cc(C(C)(C)C)sc1-c1sc(C(C)(C)CC)cc1CCCCCCCC. The normalized spacial score (nSPS) is 12.6. The monoisotopic (exact) mass is 516 g/mol. The van der Waals surface area contributed by atoms with E-state index in [2.05, 4.69) is 90.2 Å². The van der Waals surface area contributed by atoms with Gasteiger partial charge in [-0.25, -0.2) is 0 Å². The third-order valence-corrected chi connectivity index (χ3v) is 11.0. The van der Waals surface area contributed by atoms with Crippen LogP contribution in [0.15, 0.2) is 12.1 Å². The van der Waals surface area contributed by atoms with Crippen molar-refractivity contribution in [2.75, 3.05) is 0 Å². The van der Waals surface area contributed by atoms with Crippen molar-refractivity contribution in [1.29, 1.82) is 0 Å². The van der Waals surface area contributed by atoms with Crippen LogP contribution < -0.4 is 0 Å². The molecule has 0 bridgehead atoms. The van der Waals surface area contributed by atoms with Gasteiger partial charge in [0.15, 0.2) is 0 Å². The average Bonchev–Trinajstić information content (AvgIpc) is 3.43. The van der Waals surface area contributed by atoms with Crippen LogP contribution in [0.5, 0.6) is 0 Å². The van der Waals surface area contributed by atoms with Crippen LogP contribution in [0.4, 0.5) is 0 Å². The maximum absolute atomic E-state index is 2.60. The predicted octanol–water partition coefficient (Wildman–Crippen LogP) is 12.3. The molecule has 0 atom stereocenters. The molecule has 0 radical (unpaired) electrons. The molecule has 0 unspecified atom stereocenters. The lowest BCUT2D eigenvalue weighted by Crippen LogP contribution is -2.13. The molecule has 0 aliphatic heterocycles. The molecule has 0 saturated carbocycles. The van der Waals surface area contributed by atoms with E-state index in [1.54, 1.807) is 30.6 Å². The topological polar surface area (TPSA) is 0 Å². The summed E-state index contributed by atoms with van der Waals surface area (Å²) in [6.07, 6.45) is 20.2.